The molecule has 0 radical (unpaired) electrons. The van der Waals surface area contributed by atoms with E-state index in [1.807, 2.05) is 5.48 Å². The average Bonchev–Trinajstić information content (AvgIpc) is 2.75. The largest absolute Gasteiger partial charge is 0.337 e. The molecule has 0 aliphatic carbocycles. The minimum absolute atomic E-state index is 0.0274. The quantitative estimate of drug-likeness (QED) is 0.344. The first kappa shape index (κ1) is 19.6. The van der Waals surface area contributed by atoms with Crippen LogP contribution in [0.15, 0.2) is 77.7 Å². The van der Waals surface area contributed by atoms with Gasteiger partial charge in [0.25, 0.3) is 10.0 Å². The Hall–Kier alpha value is -3.76. The molecule has 4 aromatic rings. The minimum Gasteiger partial charge on any atom is -0.337 e. The van der Waals surface area contributed by atoms with Crippen molar-refractivity contribution in [2.75, 3.05) is 15.5 Å². The summed E-state index contributed by atoms with van der Waals surface area (Å²) in [5, 5.41) is 12.0. The number of nitrogens with zero attached hydrogens (tertiary/aromatic N) is 2. The number of aromatic nitrogens is 2. The third-order valence-corrected chi connectivity index (χ3v) is 5.52. The second-order valence-electron chi connectivity index (χ2n) is 6.29. The molecular formula is C20H16FN5O3S. The molecule has 4 rings (SSSR count). The van der Waals surface area contributed by atoms with E-state index in [1.54, 1.807) is 24.3 Å². The van der Waals surface area contributed by atoms with Gasteiger partial charge in [0.1, 0.15) is 5.82 Å². The van der Waals surface area contributed by atoms with Crippen molar-refractivity contribution in [2.45, 2.75) is 4.90 Å². The van der Waals surface area contributed by atoms with Crippen LogP contribution in [0.4, 0.5) is 27.4 Å². The summed E-state index contributed by atoms with van der Waals surface area (Å²) in [7, 11) is -4.04. The summed E-state index contributed by atoms with van der Waals surface area (Å²) in [5.41, 5.74) is 3.68. The monoisotopic (exact) mass is 425 g/mol. The highest BCUT2D eigenvalue weighted by Crippen LogP contribution is 2.27. The van der Waals surface area contributed by atoms with Crippen molar-refractivity contribution in [1.82, 2.24) is 9.97 Å². The van der Waals surface area contributed by atoms with E-state index in [0.717, 1.165) is 0 Å². The van der Waals surface area contributed by atoms with Crippen LogP contribution in [0, 0.1) is 5.82 Å². The van der Waals surface area contributed by atoms with Gasteiger partial charge in [0.05, 0.1) is 21.6 Å². The first-order chi connectivity index (χ1) is 14.4. The molecule has 3 aromatic carbocycles. The van der Waals surface area contributed by atoms with E-state index in [4.69, 9.17) is 5.21 Å². The van der Waals surface area contributed by atoms with E-state index < -0.39 is 15.8 Å². The molecule has 152 valence electrons. The van der Waals surface area contributed by atoms with E-state index >= 15 is 0 Å². The van der Waals surface area contributed by atoms with Gasteiger partial charge in [-0.1, -0.05) is 18.2 Å². The van der Waals surface area contributed by atoms with Gasteiger partial charge < -0.3 is 5.32 Å². The Balaban J connectivity index is 1.76. The summed E-state index contributed by atoms with van der Waals surface area (Å²) in [4.78, 5) is 8.77. The Labute approximate surface area is 171 Å². The number of fused-ring (bicyclic) bond motifs is 1. The van der Waals surface area contributed by atoms with Crippen LogP contribution in [0.3, 0.4) is 0 Å². The molecule has 0 fully saturated rings. The Morgan fingerprint density at radius 1 is 0.800 bits per heavy atom. The topological polar surface area (TPSA) is 116 Å². The lowest BCUT2D eigenvalue weighted by atomic mass is 10.3. The van der Waals surface area contributed by atoms with Crippen LogP contribution in [-0.2, 0) is 10.0 Å². The molecule has 0 amide bonds. The van der Waals surface area contributed by atoms with Crippen LogP contribution in [0.25, 0.3) is 11.0 Å². The first-order valence-corrected chi connectivity index (χ1v) is 10.3. The highest BCUT2D eigenvalue weighted by Gasteiger charge is 2.19. The predicted octanol–water partition coefficient (Wildman–Crippen LogP) is 4.11. The van der Waals surface area contributed by atoms with Crippen LogP contribution in [0.5, 0.6) is 0 Å². The molecule has 10 heteroatoms. The standard InChI is InChI=1S/C20H16FN5O3S/c21-13-8-10-14(11-9-13)22-19-20(24-18-7-2-1-6-17(18)23-19)26-30(28,29)16-5-3-4-15(12-16)25-27/h1-12,25,27H,(H,22,23)(H,24,26). The summed E-state index contributed by atoms with van der Waals surface area (Å²) < 4.78 is 41.4. The molecule has 0 saturated carbocycles. The fourth-order valence-corrected chi connectivity index (χ4v) is 3.80. The van der Waals surface area contributed by atoms with Gasteiger partial charge in [-0.3, -0.25) is 15.4 Å². The first-order valence-electron chi connectivity index (χ1n) is 8.77. The van der Waals surface area contributed by atoms with Crippen molar-refractivity contribution in [3.8, 4) is 0 Å². The fourth-order valence-electron chi connectivity index (χ4n) is 2.75. The maximum Gasteiger partial charge on any atom is 0.263 e. The summed E-state index contributed by atoms with van der Waals surface area (Å²) in [6, 6.07) is 18.2. The van der Waals surface area contributed by atoms with Gasteiger partial charge >= 0.3 is 0 Å². The van der Waals surface area contributed by atoms with Crippen LogP contribution in [-0.4, -0.2) is 23.6 Å². The lowest BCUT2D eigenvalue weighted by Gasteiger charge is -2.14. The molecular weight excluding hydrogens is 409 g/mol. The Morgan fingerprint density at radius 3 is 2.13 bits per heavy atom. The van der Waals surface area contributed by atoms with Crippen molar-refractivity contribution >= 4 is 44.1 Å². The number of anilines is 4. The molecule has 0 spiro atoms. The van der Waals surface area contributed by atoms with Gasteiger partial charge in [-0.05, 0) is 54.6 Å². The number of rotatable bonds is 6. The highest BCUT2D eigenvalue weighted by atomic mass is 32.2. The SMILES string of the molecule is O=S(=O)(Nc1nc2ccccc2nc1Nc1ccc(F)cc1)c1cccc(NO)c1. The van der Waals surface area contributed by atoms with Gasteiger partial charge in [-0.25, -0.2) is 22.8 Å². The maximum absolute atomic E-state index is 13.2. The van der Waals surface area contributed by atoms with Crippen molar-refractivity contribution in [3.05, 3.63) is 78.6 Å². The Morgan fingerprint density at radius 2 is 1.47 bits per heavy atom. The number of nitrogens with one attached hydrogen (secondary N) is 3. The van der Waals surface area contributed by atoms with E-state index in [-0.39, 0.29) is 22.2 Å². The molecule has 8 nitrogen and oxygen atoms in total. The molecule has 0 aliphatic heterocycles. The number of hydrogen-bond donors (Lipinski definition) is 4. The lowest BCUT2D eigenvalue weighted by molar-refractivity contribution is 0.388. The van der Waals surface area contributed by atoms with Crippen LogP contribution in [0.1, 0.15) is 0 Å². The van der Waals surface area contributed by atoms with Crippen LogP contribution in [0.2, 0.25) is 0 Å². The number of hydrogen-bond acceptors (Lipinski definition) is 7. The fraction of sp³-hybridized carbons (Fsp3) is 0. The minimum atomic E-state index is -4.04. The molecule has 1 aromatic heterocycles. The summed E-state index contributed by atoms with van der Waals surface area (Å²) in [6.45, 7) is 0. The van der Waals surface area contributed by atoms with Gasteiger partial charge in [0, 0.05) is 5.69 Å². The smallest absolute Gasteiger partial charge is 0.263 e. The van der Waals surface area contributed by atoms with Crippen molar-refractivity contribution in [3.63, 3.8) is 0 Å². The van der Waals surface area contributed by atoms with Crippen molar-refractivity contribution in [2.24, 2.45) is 0 Å². The van der Waals surface area contributed by atoms with Gasteiger partial charge in [-0.15, -0.1) is 0 Å². The van der Waals surface area contributed by atoms with Crippen LogP contribution < -0.4 is 15.5 Å². The van der Waals surface area contributed by atoms with Gasteiger partial charge in [0.15, 0.2) is 11.6 Å². The lowest BCUT2D eigenvalue weighted by Crippen LogP contribution is -2.16. The maximum atomic E-state index is 13.2. The summed E-state index contributed by atoms with van der Waals surface area (Å²) >= 11 is 0. The molecule has 0 aliphatic rings. The number of halogens is 1. The normalized spacial score (nSPS) is 11.3. The van der Waals surface area contributed by atoms with E-state index in [2.05, 4.69) is 20.0 Å². The molecule has 4 N–H and O–H groups in total. The third-order valence-electron chi connectivity index (χ3n) is 4.18. The molecule has 0 unspecified atom stereocenters. The number of benzene rings is 3. The molecule has 0 saturated heterocycles. The molecule has 0 atom stereocenters. The average molecular weight is 425 g/mol. The zero-order chi connectivity index (χ0) is 21.1. The molecule has 1 heterocycles. The van der Waals surface area contributed by atoms with Gasteiger partial charge in [-0.2, -0.15) is 0 Å². The van der Waals surface area contributed by atoms with Crippen molar-refractivity contribution in [1.29, 1.82) is 0 Å². The summed E-state index contributed by atoms with van der Waals surface area (Å²) in [5.74, 6) is -0.274. The van der Waals surface area contributed by atoms with E-state index in [9.17, 15) is 12.8 Å². The van der Waals surface area contributed by atoms with Crippen molar-refractivity contribution < 1.29 is 18.0 Å². The number of para-hydroxylation sites is 2. The summed E-state index contributed by atoms with van der Waals surface area (Å²) in [6.07, 6.45) is 0. The molecule has 30 heavy (non-hydrogen) atoms. The Kier molecular flexibility index (Phi) is 5.17. The van der Waals surface area contributed by atoms with Crippen LogP contribution >= 0.6 is 0 Å². The van der Waals surface area contributed by atoms with E-state index in [1.165, 1.54) is 48.5 Å². The van der Waals surface area contributed by atoms with Gasteiger partial charge in [0.2, 0.25) is 0 Å². The van der Waals surface area contributed by atoms with E-state index in [0.29, 0.717) is 16.7 Å². The zero-order valence-corrected chi connectivity index (χ0v) is 16.2. The number of sulfonamides is 1. The Bertz CT molecular complexity index is 1310. The third kappa shape index (κ3) is 4.14. The molecule has 0 bridgehead atoms. The second-order valence-corrected chi connectivity index (χ2v) is 7.97. The highest BCUT2D eigenvalue weighted by molar-refractivity contribution is 7.92. The zero-order valence-electron chi connectivity index (χ0n) is 15.4. The predicted molar refractivity (Wildman–Crippen MR) is 112 cm³/mol. The second kappa shape index (κ2) is 7.93.